The second-order valence-corrected chi connectivity index (χ2v) is 5.36. The molecule has 0 saturated carbocycles. The lowest BCUT2D eigenvalue weighted by Crippen LogP contribution is -2.16. The van der Waals surface area contributed by atoms with Gasteiger partial charge in [0, 0.05) is 10.0 Å². The van der Waals surface area contributed by atoms with Crippen LogP contribution < -0.4 is 4.74 Å². The highest BCUT2D eigenvalue weighted by atomic mass is 79.9. The second-order valence-electron chi connectivity index (χ2n) is 4.45. The van der Waals surface area contributed by atoms with Crippen LogP contribution >= 0.6 is 15.9 Å². The minimum absolute atomic E-state index is 0.104. The quantitative estimate of drug-likeness (QED) is 0.545. The topological polar surface area (TPSA) is 35.5 Å². The molecule has 0 N–H and O–H groups in total. The number of carbonyl (C=O) groups is 1. The van der Waals surface area contributed by atoms with Crippen molar-refractivity contribution in [3.8, 4) is 5.75 Å². The predicted octanol–water partition coefficient (Wildman–Crippen LogP) is 4.92. The van der Waals surface area contributed by atoms with E-state index in [-0.39, 0.29) is 5.41 Å². The van der Waals surface area contributed by atoms with Gasteiger partial charge in [0.25, 0.3) is 0 Å². The van der Waals surface area contributed by atoms with Crippen LogP contribution in [0.1, 0.15) is 40.2 Å². The van der Waals surface area contributed by atoms with E-state index in [9.17, 15) is 4.79 Å². The van der Waals surface area contributed by atoms with Crippen molar-refractivity contribution >= 4 is 22.1 Å². The Morgan fingerprint density at radius 2 is 1.78 bits per heavy atom. The molecule has 102 valence electrons. The van der Waals surface area contributed by atoms with Crippen molar-refractivity contribution in [2.45, 2.75) is 40.0 Å². The highest BCUT2D eigenvalue weighted by molar-refractivity contribution is 9.10. The Hall–Kier alpha value is -1.03. The van der Waals surface area contributed by atoms with E-state index in [0.29, 0.717) is 5.75 Å². The molecule has 0 aromatic heterocycles. The molecule has 0 heterocycles. The van der Waals surface area contributed by atoms with Crippen LogP contribution in [0.5, 0.6) is 5.75 Å². The summed E-state index contributed by atoms with van der Waals surface area (Å²) in [6.45, 7) is 10.2. The molecule has 0 aliphatic carbocycles. The van der Waals surface area contributed by atoms with E-state index in [2.05, 4.69) is 41.4 Å². The molecule has 0 unspecified atom stereocenters. The van der Waals surface area contributed by atoms with Gasteiger partial charge in [-0.15, -0.1) is 0 Å². The third-order valence-corrected chi connectivity index (χ3v) is 2.60. The van der Waals surface area contributed by atoms with Crippen molar-refractivity contribution in [1.29, 1.82) is 0 Å². The molecule has 0 aliphatic heterocycles. The van der Waals surface area contributed by atoms with Crippen LogP contribution in [0.4, 0.5) is 4.79 Å². The number of benzene rings is 1. The van der Waals surface area contributed by atoms with Crippen LogP contribution in [0.3, 0.4) is 0 Å². The van der Waals surface area contributed by atoms with Gasteiger partial charge in [-0.3, -0.25) is 0 Å². The maximum atomic E-state index is 11.1. The monoisotopic (exact) mass is 316 g/mol. The van der Waals surface area contributed by atoms with Crippen LogP contribution in [0.25, 0.3) is 0 Å². The summed E-state index contributed by atoms with van der Waals surface area (Å²) in [5.41, 5.74) is 0.847. The molecule has 0 radical (unpaired) electrons. The largest absolute Gasteiger partial charge is 0.513 e. The third kappa shape index (κ3) is 5.08. The van der Waals surface area contributed by atoms with Gasteiger partial charge in [0.05, 0.1) is 7.11 Å². The fourth-order valence-corrected chi connectivity index (χ4v) is 1.67. The Bertz CT molecular complexity index is 395. The number of hydrogen-bond donors (Lipinski definition) is 0. The number of methoxy groups -OCH3 is 1. The summed E-state index contributed by atoms with van der Waals surface area (Å²) in [6.07, 6.45) is -0.701. The molecule has 1 rings (SSSR count). The zero-order chi connectivity index (χ0) is 14.3. The van der Waals surface area contributed by atoms with Crippen LogP contribution in [-0.2, 0) is 10.2 Å². The summed E-state index contributed by atoms with van der Waals surface area (Å²) in [5, 5.41) is 0. The minimum atomic E-state index is -0.701. The zero-order valence-corrected chi connectivity index (χ0v) is 13.4. The van der Waals surface area contributed by atoms with E-state index in [4.69, 9.17) is 4.74 Å². The summed E-state index contributed by atoms with van der Waals surface area (Å²) in [4.78, 5) is 11.1. The smallest absolute Gasteiger partial charge is 0.437 e. The first-order chi connectivity index (χ1) is 8.34. The standard InChI is InChI=1S/C12H15BrO3.C2H6/c1-12(2,3)9-7-8(13)5-6-10(9)16-11(14)15-4;1-2/h5-7H,1-4H3;1-2H3. The van der Waals surface area contributed by atoms with E-state index in [1.54, 1.807) is 6.07 Å². The first-order valence-corrected chi connectivity index (χ1v) is 6.69. The van der Waals surface area contributed by atoms with Crippen LogP contribution in [0.15, 0.2) is 22.7 Å². The fourth-order valence-electron chi connectivity index (χ4n) is 1.31. The molecule has 1 aromatic carbocycles. The van der Waals surface area contributed by atoms with Crippen LogP contribution in [0, 0.1) is 0 Å². The van der Waals surface area contributed by atoms with Gasteiger partial charge in [-0.1, -0.05) is 50.5 Å². The molecule has 0 bridgehead atoms. The summed E-state index contributed by atoms with van der Waals surface area (Å²) in [7, 11) is 1.29. The molecule has 3 nitrogen and oxygen atoms in total. The van der Waals surface area contributed by atoms with Gasteiger partial charge in [-0.25, -0.2) is 4.79 Å². The predicted molar refractivity (Wildman–Crippen MR) is 77.2 cm³/mol. The van der Waals surface area contributed by atoms with Crippen molar-refractivity contribution in [3.63, 3.8) is 0 Å². The van der Waals surface area contributed by atoms with Crippen LogP contribution in [-0.4, -0.2) is 13.3 Å². The molecule has 1 aromatic rings. The Labute approximate surface area is 118 Å². The lowest BCUT2D eigenvalue weighted by atomic mass is 9.86. The Morgan fingerprint density at radius 3 is 2.22 bits per heavy atom. The van der Waals surface area contributed by atoms with Gasteiger partial charge in [0.1, 0.15) is 5.75 Å². The first-order valence-electron chi connectivity index (χ1n) is 5.90. The Morgan fingerprint density at radius 1 is 1.22 bits per heavy atom. The first kappa shape index (κ1) is 17.0. The highest BCUT2D eigenvalue weighted by Gasteiger charge is 2.21. The Balaban J connectivity index is 0.00000137. The van der Waals surface area contributed by atoms with E-state index < -0.39 is 6.16 Å². The number of halogens is 1. The number of hydrogen-bond acceptors (Lipinski definition) is 3. The number of rotatable bonds is 1. The molecule has 18 heavy (non-hydrogen) atoms. The molecule has 0 atom stereocenters. The van der Waals surface area contributed by atoms with Crippen molar-refractivity contribution in [3.05, 3.63) is 28.2 Å². The average Bonchev–Trinajstić information content (AvgIpc) is 2.32. The Kier molecular flexibility index (Phi) is 6.99. The van der Waals surface area contributed by atoms with Gasteiger partial charge in [0.15, 0.2) is 0 Å². The van der Waals surface area contributed by atoms with Gasteiger partial charge in [-0.05, 0) is 23.6 Å². The average molecular weight is 317 g/mol. The van der Waals surface area contributed by atoms with Crippen molar-refractivity contribution in [1.82, 2.24) is 0 Å². The van der Waals surface area contributed by atoms with Gasteiger partial charge in [-0.2, -0.15) is 0 Å². The maximum absolute atomic E-state index is 11.1. The zero-order valence-electron chi connectivity index (χ0n) is 11.8. The highest BCUT2D eigenvalue weighted by Crippen LogP contribution is 2.33. The van der Waals surface area contributed by atoms with Gasteiger partial charge < -0.3 is 9.47 Å². The summed E-state index contributed by atoms with van der Waals surface area (Å²) in [6, 6.07) is 5.52. The van der Waals surface area contributed by atoms with Crippen molar-refractivity contribution in [2.24, 2.45) is 0 Å². The summed E-state index contributed by atoms with van der Waals surface area (Å²) < 4.78 is 10.5. The number of carbonyl (C=O) groups excluding carboxylic acids is 1. The van der Waals surface area contributed by atoms with Crippen molar-refractivity contribution < 1.29 is 14.3 Å². The molecule has 0 saturated heterocycles. The summed E-state index contributed by atoms with van der Waals surface area (Å²) in [5.74, 6) is 0.530. The van der Waals surface area contributed by atoms with E-state index in [0.717, 1.165) is 10.0 Å². The molecule has 0 fully saturated rings. The lowest BCUT2D eigenvalue weighted by Gasteiger charge is -2.22. The number of ether oxygens (including phenoxy) is 2. The van der Waals surface area contributed by atoms with E-state index in [1.807, 2.05) is 26.0 Å². The SMILES string of the molecule is CC.COC(=O)Oc1ccc(Br)cc1C(C)(C)C. The molecule has 4 heteroatoms. The van der Waals surface area contributed by atoms with Crippen LogP contribution in [0.2, 0.25) is 0 Å². The minimum Gasteiger partial charge on any atom is -0.437 e. The molecular formula is C14H21BrO3. The third-order valence-electron chi connectivity index (χ3n) is 2.11. The van der Waals surface area contributed by atoms with Crippen molar-refractivity contribution in [2.75, 3.05) is 7.11 Å². The van der Waals surface area contributed by atoms with Gasteiger partial charge in [0.2, 0.25) is 0 Å². The summed E-state index contributed by atoms with van der Waals surface area (Å²) >= 11 is 3.40. The van der Waals surface area contributed by atoms with E-state index >= 15 is 0 Å². The fraction of sp³-hybridized carbons (Fsp3) is 0.500. The molecule has 0 amide bonds. The van der Waals surface area contributed by atoms with E-state index in [1.165, 1.54) is 7.11 Å². The lowest BCUT2D eigenvalue weighted by molar-refractivity contribution is 0.120. The maximum Gasteiger partial charge on any atom is 0.513 e. The molecule has 0 spiro atoms. The molecular weight excluding hydrogens is 296 g/mol. The van der Waals surface area contributed by atoms with Gasteiger partial charge >= 0.3 is 6.16 Å². The normalized spacial score (nSPS) is 10.2. The molecule has 0 aliphatic rings. The second kappa shape index (κ2) is 7.41.